The molecule has 6 heteroatoms. The Morgan fingerprint density at radius 2 is 1.32 bits per heavy atom. The van der Waals surface area contributed by atoms with Gasteiger partial charge in [0.05, 0.1) is 11.1 Å². The van der Waals surface area contributed by atoms with E-state index < -0.39 is 11.9 Å². The molecule has 0 spiro atoms. The summed E-state index contributed by atoms with van der Waals surface area (Å²) in [5.41, 5.74) is 2.44. The van der Waals surface area contributed by atoms with Crippen LogP contribution in [0.15, 0.2) is 89.7 Å². The van der Waals surface area contributed by atoms with Gasteiger partial charge in [0.2, 0.25) is 5.56 Å². The summed E-state index contributed by atoms with van der Waals surface area (Å²) in [6.45, 7) is 0.211. The molecule has 0 fully saturated rings. The summed E-state index contributed by atoms with van der Waals surface area (Å²) in [5, 5.41) is 0.614. The molecule has 31 heavy (non-hydrogen) atoms. The largest absolute Gasteiger partial charge is 0.457 e. The maximum Gasteiger partial charge on any atom is 0.339 e. The van der Waals surface area contributed by atoms with E-state index in [4.69, 9.17) is 9.47 Å². The monoisotopic (exact) mass is 413 g/mol. The lowest BCUT2D eigenvalue weighted by Gasteiger charge is -2.08. The van der Waals surface area contributed by atoms with Crippen LogP contribution in [0.25, 0.3) is 10.9 Å². The van der Waals surface area contributed by atoms with Crippen molar-refractivity contribution >= 4 is 22.8 Å². The van der Waals surface area contributed by atoms with Crippen molar-refractivity contribution in [1.82, 2.24) is 4.98 Å². The molecule has 0 atom stereocenters. The minimum atomic E-state index is -0.589. The summed E-state index contributed by atoms with van der Waals surface area (Å²) in [6, 6.07) is 24.3. The van der Waals surface area contributed by atoms with Crippen molar-refractivity contribution in [3.63, 3.8) is 0 Å². The van der Waals surface area contributed by atoms with Crippen LogP contribution < -0.4 is 5.56 Å². The van der Waals surface area contributed by atoms with Gasteiger partial charge in [-0.1, -0.05) is 60.7 Å². The molecule has 0 amide bonds. The normalized spacial score (nSPS) is 10.6. The molecule has 0 bridgehead atoms. The van der Waals surface area contributed by atoms with Crippen LogP contribution in [0.1, 0.15) is 31.8 Å². The maximum absolute atomic E-state index is 12.5. The number of esters is 2. The molecule has 0 saturated heterocycles. The van der Waals surface area contributed by atoms with Crippen LogP contribution in [0.3, 0.4) is 0 Å². The number of nitrogens with one attached hydrogen (secondary N) is 1. The third-order valence-corrected chi connectivity index (χ3v) is 4.74. The lowest BCUT2D eigenvalue weighted by molar-refractivity contribution is 0.0460. The van der Waals surface area contributed by atoms with Crippen LogP contribution in [0.5, 0.6) is 0 Å². The fraction of sp³-hybridized carbons (Fsp3) is 0.0800. The van der Waals surface area contributed by atoms with Crippen LogP contribution in [0.4, 0.5) is 0 Å². The molecule has 0 aliphatic rings. The molecular weight excluding hydrogens is 394 g/mol. The van der Waals surface area contributed by atoms with Crippen molar-refractivity contribution in [3.8, 4) is 0 Å². The minimum Gasteiger partial charge on any atom is -0.457 e. The number of aromatic nitrogens is 1. The first kappa shape index (κ1) is 20.1. The lowest BCUT2D eigenvalue weighted by atomic mass is 10.1. The smallest absolute Gasteiger partial charge is 0.339 e. The number of hydrogen-bond acceptors (Lipinski definition) is 5. The van der Waals surface area contributed by atoms with E-state index in [0.717, 1.165) is 5.56 Å². The van der Waals surface area contributed by atoms with E-state index in [1.807, 2.05) is 30.3 Å². The van der Waals surface area contributed by atoms with Crippen molar-refractivity contribution < 1.29 is 19.1 Å². The van der Waals surface area contributed by atoms with E-state index in [1.165, 1.54) is 6.07 Å². The van der Waals surface area contributed by atoms with E-state index >= 15 is 0 Å². The second kappa shape index (κ2) is 9.09. The molecule has 0 aliphatic heterocycles. The van der Waals surface area contributed by atoms with Gasteiger partial charge in [0.1, 0.15) is 13.2 Å². The zero-order chi connectivity index (χ0) is 21.6. The molecule has 4 rings (SSSR count). The fourth-order valence-electron chi connectivity index (χ4n) is 3.14. The van der Waals surface area contributed by atoms with E-state index in [0.29, 0.717) is 22.0 Å². The SMILES string of the molecule is O=C(OCc1ccccc1)c1ccc(COC(=O)c2cc(=O)[nH]c3ccccc23)cc1. The first-order chi connectivity index (χ1) is 15.1. The molecule has 6 nitrogen and oxygen atoms in total. The second-order valence-electron chi connectivity index (χ2n) is 6.93. The van der Waals surface area contributed by atoms with Gasteiger partial charge < -0.3 is 14.5 Å². The van der Waals surface area contributed by atoms with Gasteiger partial charge in [0, 0.05) is 17.0 Å². The van der Waals surface area contributed by atoms with Gasteiger partial charge in [-0.15, -0.1) is 0 Å². The highest BCUT2D eigenvalue weighted by Crippen LogP contribution is 2.16. The van der Waals surface area contributed by atoms with Crippen molar-refractivity contribution in [2.24, 2.45) is 0 Å². The number of rotatable bonds is 6. The number of hydrogen-bond donors (Lipinski definition) is 1. The van der Waals surface area contributed by atoms with E-state index in [-0.39, 0.29) is 24.3 Å². The van der Waals surface area contributed by atoms with Gasteiger partial charge in [-0.3, -0.25) is 4.79 Å². The van der Waals surface area contributed by atoms with E-state index in [9.17, 15) is 14.4 Å². The Hall–Kier alpha value is -4.19. The predicted octanol–water partition coefficient (Wildman–Crippen LogP) is 4.24. The zero-order valence-electron chi connectivity index (χ0n) is 16.5. The van der Waals surface area contributed by atoms with Crippen molar-refractivity contribution in [2.45, 2.75) is 13.2 Å². The minimum absolute atomic E-state index is 0.0132. The number of para-hydroxylation sites is 1. The molecule has 4 aromatic rings. The molecule has 154 valence electrons. The Bertz CT molecular complexity index is 1280. The molecule has 1 aromatic heterocycles. The van der Waals surface area contributed by atoms with Gasteiger partial charge in [-0.25, -0.2) is 9.59 Å². The highest BCUT2D eigenvalue weighted by Gasteiger charge is 2.14. The Labute approximate surface area is 178 Å². The van der Waals surface area contributed by atoms with Gasteiger partial charge >= 0.3 is 11.9 Å². The number of H-pyrrole nitrogens is 1. The standard InChI is InChI=1S/C25H19NO5/c27-23-14-21(20-8-4-5-9-22(20)26-23)25(29)31-16-18-10-12-19(13-11-18)24(28)30-15-17-6-2-1-3-7-17/h1-14H,15-16H2,(H,26,27). The van der Waals surface area contributed by atoms with Crippen LogP contribution in [-0.2, 0) is 22.7 Å². The summed E-state index contributed by atoms with van der Waals surface area (Å²) in [6.07, 6.45) is 0. The van der Waals surface area contributed by atoms with Crippen molar-refractivity contribution in [3.05, 3.63) is 118 Å². The average molecular weight is 413 g/mol. The highest BCUT2D eigenvalue weighted by atomic mass is 16.5. The van der Waals surface area contributed by atoms with Crippen LogP contribution in [0.2, 0.25) is 0 Å². The summed E-state index contributed by atoms with van der Waals surface area (Å²) < 4.78 is 10.7. The first-order valence-corrected chi connectivity index (χ1v) is 9.69. The van der Waals surface area contributed by atoms with Crippen LogP contribution in [-0.4, -0.2) is 16.9 Å². The zero-order valence-corrected chi connectivity index (χ0v) is 16.5. The van der Waals surface area contributed by atoms with Crippen LogP contribution >= 0.6 is 0 Å². The van der Waals surface area contributed by atoms with Crippen molar-refractivity contribution in [1.29, 1.82) is 0 Å². The summed E-state index contributed by atoms with van der Waals surface area (Å²) in [4.78, 5) is 39.2. The number of fused-ring (bicyclic) bond motifs is 1. The summed E-state index contributed by atoms with van der Waals surface area (Å²) >= 11 is 0. The molecule has 1 heterocycles. The average Bonchev–Trinajstić information content (AvgIpc) is 2.81. The van der Waals surface area contributed by atoms with Gasteiger partial charge in [-0.2, -0.15) is 0 Å². The molecule has 0 unspecified atom stereocenters. The van der Waals surface area contributed by atoms with Gasteiger partial charge in [0.15, 0.2) is 0 Å². The third kappa shape index (κ3) is 4.87. The number of ether oxygens (including phenoxy) is 2. The lowest BCUT2D eigenvalue weighted by Crippen LogP contribution is -2.13. The van der Waals surface area contributed by atoms with E-state index in [2.05, 4.69) is 4.98 Å². The Morgan fingerprint density at radius 1 is 0.710 bits per heavy atom. The number of carbonyl (C=O) groups excluding carboxylic acids is 2. The van der Waals surface area contributed by atoms with Gasteiger partial charge in [0.25, 0.3) is 0 Å². The molecule has 0 radical (unpaired) electrons. The van der Waals surface area contributed by atoms with Crippen molar-refractivity contribution in [2.75, 3.05) is 0 Å². The molecule has 1 N–H and O–H groups in total. The third-order valence-electron chi connectivity index (χ3n) is 4.74. The highest BCUT2D eigenvalue weighted by molar-refractivity contribution is 6.03. The predicted molar refractivity (Wildman–Crippen MR) is 116 cm³/mol. The van der Waals surface area contributed by atoms with Crippen LogP contribution in [0, 0.1) is 0 Å². The summed E-state index contributed by atoms with van der Waals surface area (Å²) in [5.74, 6) is -1.02. The van der Waals surface area contributed by atoms with Gasteiger partial charge in [-0.05, 0) is 29.3 Å². The Kier molecular flexibility index (Phi) is 5.89. The maximum atomic E-state index is 12.5. The Balaban J connectivity index is 1.38. The number of carbonyl (C=O) groups is 2. The number of benzene rings is 3. The number of pyridine rings is 1. The fourth-order valence-corrected chi connectivity index (χ4v) is 3.14. The molecular formula is C25H19NO5. The van der Waals surface area contributed by atoms with E-state index in [1.54, 1.807) is 48.5 Å². The molecule has 0 saturated carbocycles. The Morgan fingerprint density at radius 3 is 2.06 bits per heavy atom. The molecule has 3 aromatic carbocycles. The first-order valence-electron chi connectivity index (χ1n) is 9.69. The summed E-state index contributed by atoms with van der Waals surface area (Å²) in [7, 11) is 0. The second-order valence-corrected chi connectivity index (χ2v) is 6.93. The quantitative estimate of drug-likeness (QED) is 0.478. The molecule has 0 aliphatic carbocycles. The number of aromatic amines is 1. The topological polar surface area (TPSA) is 85.5 Å².